The number of carbonyl (C=O) groups excluding carboxylic acids is 1. The van der Waals surface area contributed by atoms with Crippen molar-refractivity contribution in [3.63, 3.8) is 0 Å². The van der Waals surface area contributed by atoms with Crippen molar-refractivity contribution in [2.75, 3.05) is 19.6 Å². The molecule has 1 heterocycles. The molecule has 0 atom stereocenters. The van der Waals surface area contributed by atoms with Gasteiger partial charge < -0.3 is 10.6 Å². The van der Waals surface area contributed by atoms with Crippen molar-refractivity contribution in [1.29, 1.82) is 5.26 Å². The fraction of sp³-hybridized carbons (Fsp3) is 0.429. The summed E-state index contributed by atoms with van der Waals surface area (Å²) in [6, 6.07) is 6.41. The van der Waals surface area contributed by atoms with Crippen LogP contribution in [0.2, 0.25) is 0 Å². The first-order valence-electron chi connectivity index (χ1n) is 9.02. The number of carbonyl (C=O) groups is 1. The normalized spacial score (nSPS) is 15.8. The molecule has 1 aliphatic rings. The molecule has 0 bridgehead atoms. The number of likely N-dealkylation sites (tertiary alicyclic amines) is 1. The zero-order valence-electron chi connectivity index (χ0n) is 15.6. The monoisotopic (exact) mass is 355 g/mol. The van der Waals surface area contributed by atoms with E-state index in [1.165, 1.54) is 12.1 Å². The molecule has 1 fully saturated rings. The van der Waals surface area contributed by atoms with Gasteiger partial charge >= 0.3 is 0 Å². The van der Waals surface area contributed by atoms with Crippen LogP contribution >= 0.6 is 0 Å². The van der Waals surface area contributed by atoms with Crippen LogP contribution in [-0.4, -0.2) is 30.4 Å². The number of nitrogens with two attached hydrogens (primary N) is 1. The molecule has 1 aromatic rings. The fourth-order valence-corrected chi connectivity index (χ4v) is 3.03. The fourth-order valence-electron chi connectivity index (χ4n) is 3.03. The van der Waals surface area contributed by atoms with E-state index in [4.69, 9.17) is 11.0 Å². The van der Waals surface area contributed by atoms with Crippen LogP contribution in [0.4, 0.5) is 4.39 Å². The van der Waals surface area contributed by atoms with Gasteiger partial charge in [0.1, 0.15) is 11.9 Å². The van der Waals surface area contributed by atoms with Gasteiger partial charge in [-0.05, 0) is 48.2 Å². The highest BCUT2D eigenvalue weighted by Gasteiger charge is 2.30. The Hall–Kier alpha value is -2.45. The number of hydrogen-bond acceptors (Lipinski definition) is 3. The second kappa shape index (κ2) is 8.77. The summed E-state index contributed by atoms with van der Waals surface area (Å²) >= 11 is 0. The minimum absolute atomic E-state index is 0.0104. The van der Waals surface area contributed by atoms with Gasteiger partial charge in [-0.2, -0.15) is 5.26 Å². The van der Waals surface area contributed by atoms with E-state index < -0.39 is 5.82 Å². The van der Waals surface area contributed by atoms with Gasteiger partial charge in [0.25, 0.3) is 5.91 Å². The van der Waals surface area contributed by atoms with Crippen molar-refractivity contribution in [2.45, 2.75) is 27.2 Å². The Morgan fingerprint density at radius 3 is 2.65 bits per heavy atom. The Labute approximate surface area is 154 Å². The van der Waals surface area contributed by atoms with Crippen molar-refractivity contribution < 1.29 is 9.18 Å². The number of benzene rings is 1. The summed E-state index contributed by atoms with van der Waals surface area (Å²) in [5.74, 6) is -0.0761. The van der Waals surface area contributed by atoms with Gasteiger partial charge in [-0.3, -0.25) is 4.79 Å². The molecule has 0 saturated carbocycles. The summed E-state index contributed by atoms with van der Waals surface area (Å²) in [5.41, 5.74) is 7.85. The highest BCUT2D eigenvalue weighted by molar-refractivity contribution is 5.98. The van der Waals surface area contributed by atoms with Gasteiger partial charge in [0.05, 0.1) is 5.56 Å². The summed E-state index contributed by atoms with van der Waals surface area (Å²) in [7, 11) is 0. The lowest BCUT2D eigenvalue weighted by Gasteiger charge is -2.39. The number of hydrogen-bond donors (Lipinski definition) is 1. The zero-order chi connectivity index (χ0) is 19.3. The van der Waals surface area contributed by atoms with E-state index in [9.17, 15) is 9.18 Å². The highest BCUT2D eigenvalue weighted by atomic mass is 19.1. The summed E-state index contributed by atoms with van der Waals surface area (Å²) in [6.07, 6.45) is 4.49. The van der Waals surface area contributed by atoms with Gasteiger partial charge in [-0.1, -0.05) is 32.9 Å². The van der Waals surface area contributed by atoms with Crippen LogP contribution in [0.15, 0.2) is 35.9 Å². The van der Waals surface area contributed by atoms with Crippen LogP contribution in [0.3, 0.4) is 0 Å². The SMILES string of the molecule is CC/C=C(\C=C(\c1ccc(C#N)c(F)c1)C(C)C)C(=O)N1CC(CN)C1. The molecule has 0 aromatic heterocycles. The van der Waals surface area contributed by atoms with E-state index in [0.717, 1.165) is 12.0 Å². The maximum atomic E-state index is 14.0. The Morgan fingerprint density at radius 2 is 2.15 bits per heavy atom. The molecule has 26 heavy (non-hydrogen) atoms. The predicted molar refractivity (Wildman–Crippen MR) is 101 cm³/mol. The average Bonchev–Trinajstić information content (AvgIpc) is 2.57. The molecule has 1 aliphatic heterocycles. The van der Waals surface area contributed by atoms with Crippen LogP contribution < -0.4 is 5.73 Å². The number of allylic oxidation sites excluding steroid dienone is 2. The topological polar surface area (TPSA) is 70.1 Å². The van der Waals surface area contributed by atoms with Crippen molar-refractivity contribution in [1.82, 2.24) is 4.90 Å². The second-order valence-electron chi connectivity index (χ2n) is 6.94. The molecule has 0 radical (unpaired) electrons. The first kappa shape index (κ1) is 19.9. The summed E-state index contributed by atoms with van der Waals surface area (Å²) in [6.45, 7) is 7.96. The van der Waals surface area contributed by atoms with Crippen LogP contribution in [0.5, 0.6) is 0 Å². The quantitative estimate of drug-likeness (QED) is 0.627. The van der Waals surface area contributed by atoms with Crippen molar-refractivity contribution >= 4 is 11.5 Å². The Kier molecular flexibility index (Phi) is 6.70. The minimum Gasteiger partial charge on any atom is -0.338 e. The van der Waals surface area contributed by atoms with Gasteiger partial charge in [-0.25, -0.2) is 4.39 Å². The first-order valence-corrected chi connectivity index (χ1v) is 9.02. The largest absolute Gasteiger partial charge is 0.338 e. The van der Waals surface area contributed by atoms with E-state index in [1.54, 1.807) is 11.0 Å². The molecule has 1 aromatic carbocycles. The third-order valence-corrected chi connectivity index (χ3v) is 4.60. The lowest BCUT2D eigenvalue weighted by atomic mass is 9.91. The van der Waals surface area contributed by atoms with Crippen LogP contribution in [0.25, 0.3) is 5.57 Å². The summed E-state index contributed by atoms with van der Waals surface area (Å²) in [4.78, 5) is 14.6. The number of halogens is 1. The molecule has 4 nitrogen and oxygen atoms in total. The van der Waals surface area contributed by atoms with Crippen molar-refractivity contribution in [3.05, 3.63) is 52.9 Å². The standard InChI is InChI=1S/C21H26FN3O/c1-4-5-17(21(26)25-12-15(10-23)13-25)8-19(14(2)3)16-6-7-18(11-24)20(22)9-16/h5-9,14-15H,4,10,12-13,23H2,1-3H3/b17-5+,19-8+. The van der Waals surface area contributed by atoms with Crippen LogP contribution in [0.1, 0.15) is 38.3 Å². The van der Waals surface area contributed by atoms with E-state index in [0.29, 0.717) is 36.7 Å². The van der Waals surface area contributed by atoms with Gasteiger partial charge in [0.15, 0.2) is 0 Å². The average molecular weight is 355 g/mol. The Bertz CT molecular complexity index is 768. The van der Waals surface area contributed by atoms with E-state index >= 15 is 0 Å². The molecule has 2 N–H and O–H groups in total. The molecule has 5 heteroatoms. The van der Waals surface area contributed by atoms with E-state index in [2.05, 4.69) is 0 Å². The summed E-state index contributed by atoms with van der Waals surface area (Å²) in [5, 5.41) is 8.91. The maximum Gasteiger partial charge on any atom is 0.253 e. The van der Waals surface area contributed by atoms with Gasteiger partial charge in [0, 0.05) is 24.6 Å². The van der Waals surface area contributed by atoms with Gasteiger partial charge in [0.2, 0.25) is 0 Å². The number of rotatable bonds is 6. The predicted octanol–water partition coefficient (Wildman–Crippen LogP) is 3.49. The third kappa shape index (κ3) is 4.39. The first-order chi connectivity index (χ1) is 12.4. The maximum absolute atomic E-state index is 14.0. The van der Waals surface area contributed by atoms with Gasteiger partial charge in [-0.15, -0.1) is 0 Å². The number of nitriles is 1. The third-order valence-electron chi connectivity index (χ3n) is 4.60. The second-order valence-corrected chi connectivity index (χ2v) is 6.94. The highest BCUT2D eigenvalue weighted by Crippen LogP contribution is 2.28. The van der Waals surface area contributed by atoms with E-state index in [-0.39, 0.29) is 17.4 Å². The smallest absolute Gasteiger partial charge is 0.253 e. The molecular weight excluding hydrogens is 329 g/mol. The molecule has 1 amide bonds. The molecule has 0 unspecified atom stereocenters. The number of nitrogens with zero attached hydrogens (tertiary/aromatic N) is 2. The summed E-state index contributed by atoms with van der Waals surface area (Å²) < 4.78 is 14.0. The molecule has 1 saturated heterocycles. The number of amides is 1. The van der Waals surface area contributed by atoms with Crippen LogP contribution in [-0.2, 0) is 4.79 Å². The van der Waals surface area contributed by atoms with Crippen molar-refractivity contribution in [3.8, 4) is 6.07 Å². The molecule has 0 spiro atoms. The molecule has 2 rings (SSSR count). The van der Waals surface area contributed by atoms with Crippen LogP contribution in [0, 0.1) is 29.0 Å². The minimum atomic E-state index is -0.544. The van der Waals surface area contributed by atoms with Crippen molar-refractivity contribution in [2.24, 2.45) is 17.6 Å². The zero-order valence-corrected chi connectivity index (χ0v) is 15.6. The Balaban J connectivity index is 2.35. The molecule has 138 valence electrons. The lowest BCUT2D eigenvalue weighted by Crippen LogP contribution is -2.52. The lowest BCUT2D eigenvalue weighted by molar-refractivity contribution is -0.132. The Morgan fingerprint density at radius 1 is 1.46 bits per heavy atom. The van der Waals surface area contributed by atoms with E-state index in [1.807, 2.05) is 39.0 Å². The molecule has 0 aliphatic carbocycles. The molecular formula is C21H26FN3O.